The van der Waals surface area contributed by atoms with Crippen molar-refractivity contribution in [1.82, 2.24) is 0 Å². The number of halogens is 3. The van der Waals surface area contributed by atoms with Crippen LogP contribution in [0.5, 0.6) is 11.5 Å². The highest BCUT2D eigenvalue weighted by Crippen LogP contribution is 2.37. The fourth-order valence-corrected chi connectivity index (χ4v) is 2.86. The lowest BCUT2D eigenvalue weighted by Crippen LogP contribution is -2.01. The van der Waals surface area contributed by atoms with Crippen molar-refractivity contribution in [2.24, 2.45) is 0 Å². The molecule has 21 heavy (non-hydrogen) atoms. The zero-order chi connectivity index (χ0) is 15.2. The van der Waals surface area contributed by atoms with Crippen molar-refractivity contribution in [3.8, 4) is 11.5 Å². The van der Waals surface area contributed by atoms with Gasteiger partial charge in [0.15, 0.2) is 11.5 Å². The molecule has 0 unspecified atom stereocenters. The topological polar surface area (TPSA) is 18.5 Å². The van der Waals surface area contributed by atoms with Gasteiger partial charge in [0.1, 0.15) is 6.61 Å². The number of hydrogen-bond donors (Lipinski definition) is 0. The highest BCUT2D eigenvalue weighted by Gasteiger charge is 2.12. The molecule has 0 bridgehead atoms. The molecule has 0 atom stereocenters. The van der Waals surface area contributed by atoms with Crippen LogP contribution in [0.2, 0.25) is 0 Å². The van der Waals surface area contributed by atoms with E-state index >= 15 is 0 Å². The van der Waals surface area contributed by atoms with Gasteiger partial charge in [-0.05, 0) is 58.2 Å². The van der Waals surface area contributed by atoms with E-state index in [1.54, 1.807) is 0 Å². The van der Waals surface area contributed by atoms with Gasteiger partial charge in [0.2, 0.25) is 0 Å². The fourth-order valence-electron chi connectivity index (χ4n) is 1.84. The number of rotatable bonds is 6. The van der Waals surface area contributed by atoms with Crippen molar-refractivity contribution in [3.63, 3.8) is 0 Å². The molecular weight excluding hydrogens is 419 g/mol. The smallest absolute Gasteiger partial charge is 0.175 e. The van der Waals surface area contributed by atoms with Gasteiger partial charge in [0.05, 0.1) is 11.1 Å². The standard InChI is InChI=1S/C16H15Br2ClO2/c1-2-20-15-8-12(9-19)7-14(18)16(15)21-10-11-3-5-13(17)6-4-11/h3-8H,2,9-10H2,1H3. The predicted molar refractivity (Wildman–Crippen MR) is 93.3 cm³/mol. The summed E-state index contributed by atoms with van der Waals surface area (Å²) in [6.07, 6.45) is 0. The summed E-state index contributed by atoms with van der Waals surface area (Å²) in [4.78, 5) is 0. The monoisotopic (exact) mass is 432 g/mol. The van der Waals surface area contributed by atoms with E-state index in [2.05, 4.69) is 31.9 Å². The molecule has 0 aliphatic heterocycles. The first-order chi connectivity index (χ1) is 10.1. The fraction of sp³-hybridized carbons (Fsp3) is 0.250. The summed E-state index contributed by atoms with van der Waals surface area (Å²) in [6.45, 7) is 3.00. The largest absolute Gasteiger partial charge is 0.490 e. The summed E-state index contributed by atoms with van der Waals surface area (Å²) in [7, 11) is 0. The molecule has 0 saturated heterocycles. The normalized spacial score (nSPS) is 10.5. The van der Waals surface area contributed by atoms with Crippen LogP contribution in [0, 0.1) is 0 Å². The molecule has 0 spiro atoms. The summed E-state index contributed by atoms with van der Waals surface area (Å²) in [5, 5.41) is 0. The second-order valence-electron chi connectivity index (χ2n) is 4.39. The van der Waals surface area contributed by atoms with Gasteiger partial charge < -0.3 is 9.47 Å². The van der Waals surface area contributed by atoms with Crippen LogP contribution >= 0.6 is 43.5 Å². The molecule has 0 aliphatic rings. The zero-order valence-electron chi connectivity index (χ0n) is 11.5. The molecule has 0 amide bonds. The summed E-state index contributed by atoms with van der Waals surface area (Å²) >= 11 is 12.8. The first-order valence-electron chi connectivity index (χ1n) is 6.52. The lowest BCUT2D eigenvalue weighted by molar-refractivity contribution is 0.267. The second-order valence-corrected chi connectivity index (χ2v) is 6.42. The lowest BCUT2D eigenvalue weighted by Gasteiger charge is -2.15. The molecule has 2 nitrogen and oxygen atoms in total. The third-order valence-corrected chi connectivity index (χ3v) is 4.25. The Morgan fingerprint density at radius 3 is 2.33 bits per heavy atom. The number of benzene rings is 2. The minimum Gasteiger partial charge on any atom is -0.490 e. The van der Waals surface area contributed by atoms with Crippen LogP contribution in [0.15, 0.2) is 45.3 Å². The Bertz CT molecular complexity index is 600. The zero-order valence-corrected chi connectivity index (χ0v) is 15.5. The SMILES string of the molecule is CCOc1cc(CCl)cc(Br)c1OCc1ccc(Br)cc1. The Morgan fingerprint density at radius 1 is 1.00 bits per heavy atom. The van der Waals surface area contributed by atoms with Crippen LogP contribution in [0.4, 0.5) is 0 Å². The Kier molecular flexibility index (Phi) is 6.40. The third kappa shape index (κ3) is 4.63. The van der Waals surface area contributed by atoms with Gasteiger partial charge in [0, 0.05) is 10.4 Å². The maximum Gasteiger partial charge on any atom is 0.175 e. The van der Waals surface area contributed by atoms with E-state index in [1.165, 1.54) is 0 Å². The van der Waals surface area contributed by atoms with E-state index in [9.17, 15) is 0 Å². The molecule has 112 valence electrons. The van der Waals surface area contributed by atoms with Gasteiger partial charge in [-0.2, -0.15) is 0 Å². The van der Waals surface area contributed by atoms with Crippen molar-refractivity contribution in [1.29, 1.82) is 0 Å². The first-order valence-corrected chi connectivity index (χ1v) is 8.64. The van der Waals surface area contributed by atoms with E-state index in [1.807, 2.05) is 43.3 Å². The van der Waals surface area contributed by atoms with Gasteiger partial charge in [0.25, 0.3) is 0 Å². The lowest BCUT2D eigenvalue weighted by atomic mass is 10.2. The van der Waals surface area contributed by atoms with E-state index in [-0.39, 0.29) is 0 Å². The summed E-state index contributed by atoms with van der Waals surface area (Å²) in [6, 6.07) is 11.9. The van der Waals surface area contributed by atoms with Gasteiger partial charge in [-0.15, -0.1) is 11.6 Å². The number of alkyl halides is 1. The average Bonchev–Trinajstić information content (AvgIpc) is 2.48. The molecule has 0 aliphatic carbocycles. The third-order valence-electron chi connectivity index (χ3n) is 2.82. The highest BCUT2D eigenvalue weighted by atomic mass is 79.9. The maximum atomic E-state index is 5.92. The minimum absolute atomic E-state index is 0.436. The number of ether oxygens (including phenoxy) is 2. The summed E-state index contributed by atoms with van der Waals surface area (Å²) < 4.78 is 13.5. The summed E-state index contributed by atoms with van der Waals surface area (Å²) in [5.41, 5.74) is 2.08. The molecule has 0 N–H and O–H groups in total. The number of hydrogen-bond acceptors (Lipinski definition) is 2. The molecule has 5 heteroatoms. The Hall–Kier alpha value is -0.710. The maximum absolute atomic E-state index is 5.92. The van der Waals surface area contributed by atoms with Crippen molar-refractivity contribution < 1.29 is 9.47 Å². The van der Waals surface area contributed by atoms with Crippen molar-refractivity contribution in [2.45, 2.75) is 19.4 Å². The molecular formula is C16H15Br2ClO2. The van der Waals surface area contributed by atoms with Crippen molar-refractivity contribution in [3.05, 3.63) is 56.5 Å². The molecule has 0 radical (unpaired) electrons. The molecule has 0 aromatic heterocycles. The van der Waals surface area contributed by atoms with Crippen molar-refractivity contribution >= 4 is 43.5 Å². The van der Waals surface area contributed by atoms with Crippen LogP contribution in [0.1, 0.15) is 18.1 Å². The first kappa shape index (κ1) is 16.7. The Labute approximate surface area is 146 Å². The van der Waals surface area contributed by atoms with E-state index in [4.69, 9.17) is 21.1 Å². The molecule has 2 rings (SSSR count). The van der Waals surface area contributed by atoms with E-state index in [0.29, 0.717) is 30.6 Å². The van der Waals surface area contributed by atoms with Crippen LogP contribution < -0.4 is 9.47 Å². The molecule has 0 saturated carbocycles. The Morgan fingerprint density at radius 2 is 1.71 bits per heavy atom. The quantitative estimate of drug-likeness (QED) is 0.525. The van der Waals surface area contributed by atoms with E-state index < -0.39 is 0 Å². The molecule has 2 aromatic rings. The van der Waals surface area contributed by atoms with Crippen molar-refractivity contribution in [2.75, 3.05) is 6.61 Å². The second kappa shape index (κ2) is 8.06. The van der Waals surface area contributed by atoms with Gasteiger partial charge in [-0.25, -0.2) is 0 Å². The van der Waals surface area contributed by atoms with Crippen LogP contribution in [0.3, 0.4) is 0 Å². The van der Waals surface area contributed by atoms with Gasteiger partial charge >= 0.3 is 0 Å². The van der Waals surface area contributed by atoms with Crippen LogP contribution in [-0.4, -0.2) is 6.61 Å². The molecule has 0 heterocycles. The Balaban J connectivity index is 2.19. The predicted octanol–water partition coefficient (Wildman–Crippen LogP) is 5.93. The van der Waals surface area contributed by atoms with E-state index in [0.717, 1.165) is 20.1 Å². The highest BCUT2D eigenvalue weighted by molar-refractivity contribution is 9.10. The molecule has 0 fully saturated rings. The van der Waals surface area contributed by atoms with Crippen LogP contribution in [-0.2, 0) is 12.5 Å². The summed E-state index contributed by atoms with van der Waals surface area (Å²) in [5.74, 6) is 1.85. The van der Waals surface area contributed by atoms with Gasteiger partial charge in [-0.3, -0.25) is 0 Å². The van der Waals surface area contributed by atoms with Gasteiger partial charge in [-0.1, -0.05) is 28.1 Å². The molecule has 2 aromatic carbocycles. The minimum atomic E-state index is 0.436. The average molecular weight is 435 g/mol. The van der Waals surface area contributed by atoms with Crippen LogP contribution in [0.25, 0.3) is 0 Å².